The molecule has 13 heteroatoms. The number of carboxylic acids is 2. The van der Waals surface area contributed by atoms with Crippen LogP contribution >= 0.6 is 12.6 Å². The summed E-state index contributed by atoms with van der Waals surface area (Å²) in [7, 11) is 0. The molecule has 4 atom stereocenters. The van der Waals surface area contributed by atoms with E-state index in [2.05, 4.69) is 28.6 Å². The SMILES string of the molecule is CC(C)C(NC(=O)C(N)CC(=O)O)C(=O)NC(CCCCN)C(=O)NC(CS)C(=O)O. The Hall–Kier alpha value is -2.38. The van der Waals surface area contributed by atoms with Crippen LogP contribution in [0.15, 0.2) is 0 Å². The van der Waals surface area contributed by atoms with E-state index in [4.69, 9.17) is 21.7 Å². The van der Waals surface area contributed by atoms with Crippen LogP contribution in [-0.4, -0.2) is 76.3 Å². The van der Waals surface area contributed by atoms with E-state index in [0.717, 1.165) is 0 Å². The van der Waals surface area contributed by atoms with E-state index >= 15 is 0 Å². The van der Waals surface area contributed by atoms with Crippen LogP contribution in [0, 0.1) is 5.92 Å². The van der Waals surface area contributed by atoms with Gasteiger partial charge in [0, 0.05) is 5.75 Å². The molecule has 0 aliphatic heterocycles. The van der Waals surface area contributed by atoms with Crippen molar-refractivity contribution < 1.29 is 34.2 Å². The van der Waals surface area contributed by atoms with Crippen LogP contribution in [0.25, 0.3) is 0 Å². The molecular weight excluding hydrogens is 430 g/mol. The molecule has 0 bridgehead atoms. The molecule has 0 saturated carbocycles. The van der Waals surface area contributed by atoms with Crippen molar-refractivity contribution in [2.75, 3.05) is 12.3 Å². The summed E-state index contributed by atoms with van der Waals surface area (Å²) in [6, 6.07) is -4.73. The van der Waals surface area contributed by atoms with Gasteiger partial charge in [-0.25, -0.2) is 4.79 Å². The van der Waals surface area contributed by atoms with Crippen LogP contribution in [0.1, 0.15) is 39.5 Å². The summed E-state index contributed by atoms with van der Waals surface area (Å²) >= 11 is 3.89. The molecule has 31 heavy (non-hydrogen) atoms. The van der Waals surface area contributed by atoms with Crippen LogP contribution in [0.5, 0.6) is 0 Å². The zero-order chi connectivity index (χ0) is 24.1. The van der Waals surface area contributed by atoms with Gasteiger partial charge in [0.2, 0.25) is 17.7 Å². The summed E-state index contributed by atoms with van der Waals surface area (Å²) in [5, 5.41) is 25.1. The normalized spacial score (nSPS) is 14.8. The lowest BCUT2D eigenvalue weighted by Gasteiger charge is -2.26. The van der Waals surface area contributed by atoms with E-state index in [1.807, 2.05) is 0 Å². The minimum atomic E-state index is -1.35. The third-order valence-corrected chi connectivity index (χ3v) is 4.72. The summed E-state index contributed by atoms with van der Waals surface area (Å²) in [6.45, 7) is 3.68. The predicted molar refractivity (Wildman–Crippen MR) is 115 cm³/mol. The maximum absolute atomic E-state index is 12.8. The molecule has 0 saturated heterocycles. The van der Waals surface area contributed by atoms with Gasteiger partial charge in [0.25, 0.3) is 0 Å². The average molecular weight is 464 g/mol. The second kappa shape index (κ2) is 14.6. The Bertz CT molecular complexity index is 647. The highest BCUT2D eigenvalue weighted by Gasteiger charge is 2.31. The third-order valence-electron chi connectivity index (χ3n) is 4.36. The number of nitrogens with two attached hydrogens (primary N) is 2. The first-order valence-electron chi connectivity index (χ1n) is 9.86. The maximum Gasteiger partial charge on any atom is 0.327 e. The van der Waals surface area contributed by atoms with Gasteiger partial charge in [-0.1, -0.05) is 13.8 Å². The number of aliphatic carboxylic acids is 2. The first kappa shape index (κ1) is 28.6. The van der Waals surface area contributed by atoms with Crippen LogP contribution in [0.2, 0.25) is 0 Å². The number of hydrogen-bond acceptors (Lipinski definition) is 8. The number of hydrogen-bond donors (Lipinski definition) is 8. The zero-order valence-electron chi connectivity index (χ0n) is 17.7. The van der Waals surface area contributed by atoms with Crippen molar-refractivity contribution in [2.45, 2.75) is 63.7 Å². The number of unbranched alkanes of at least 4 members (excludes halogenated alkanes) is 1. The highest BCUT2D eigenvalue weighted by atomic mass is 32.1. The molecule has 0 aromatic rings. The van der Waals surface area contributed by atoms with Gasteiger partial charge >= 0.3 is 11.9 Å². The van der Waals surface area contributed by atoms with Gasteiger partial charge in [0.15, 0.2) is 0 Å². The van der Waals surface area contributed by atoms with Gasteiger partial charge in [-0.05, 0) is 31.7 Å². The molecule has 178 valence electrons. The van der Waals surface area contributed by atoms with Crippen LogP contribution in [-0.2, 0) is 24.0 Å². The Morgan fingerprint density at radius 2 is 1.48 bits per heavy atom. The molecule has 0 rings (SSSR count). The van der Waals surface area contributed by atoms with Crippen molar-refractivity contribution in [2.24, 2.45) is 17.4 Å². The van der Waals surface area contributed by atoms with Crippen LogP contribution < -0.4 is 27.4 Å². The molecule has 0 aromatic carbocycles. The van der Waals surface area contributed by atoms with Gasteiger partial charge in [0.05, 0.1) is 12.5 Å². The summed E-state index contributed by atoms with van der Waals surface area (Å²) < 4.78 is 0. The molecule has 12 nitrogen and oxygen atoms in total. The van der Waals surface area contributed by atoms with E-state index in [1.54, 1.807) is 13.8 Å². The van der Waals surface area contributed by atoms with E-state index in [9.17, 15) is 24.0 Å². The monoisotopic (exact) mass is 463 g/mol. The van der Waals surface area contributed by atoms with Gasteiger partial charge < -0.3 is 37.6 Å². The number of carboxylic acid groups (broad SMARTS) is 2. The lowest BCUT2D eigenvalue weighted by Crippen LogP contribution is -2.58. The molecule has 0 aromatic heterocycles. The summed E-state index contributed by atoms with van der Waals surface area (Å²) in [5.41, 5.74) is 11.0. The van der Waals surface area contributed by atoms with Crippen LogP contribution in [0.3, 0.4) is 0 Å². The van der Waals surface area contributed by atoms with E-state index < -0.39 is 66.2 Å². The second-order valence-electron chi connectivity index (χ2n) is 7.36. The molecule has 0 fully saturated rings. The highest BCUT2D eigenvalue weighted by Crippen LogP contribution is 2.07. The number of nitrogens with one attached hydrogen (secondary N) is 3. The fourth-order valence-electron chi connectivity index (χ4n) is 2.56. The van der Waals surface area contributed by atoms with Crippen molar-refractivity contribution >= 4 is 42.3 Å². The fourth-order valence-corrected chi connectivity index (χ4v) is 2.80. The molecule has 0 aliphatic rings. The topological polar surface area (TPSA) is 214 Å². The minimum Gasteiger partial charge on any atom is -0.481 e. The van der Waals surface area contributed by atoms with E-state index in [-0.39, 0.29) is 12.2 Å². The first-order chi connectivity index (χ1) is 14.4. The third kappa shape index (κ3) is 11.0. The molecule has 0 heterocycles. The van der Waals surface area contributed by atoms with Gasteiger partial charge in [-0.2, -0.15) is 12.6 Å². The molecule has 4 unspecified atom stereocenters. The number of amides is 3. The lowest BCUT2D eigenvalue weighted by molar-refractivity contribution is -0.141. The molecule has 0 spiro atoms. The standard InChI is InChI=1S/C18H33N5O7S/c1-9(2)14(23-15(26)10(20)7-13(24)25)17(28)21-11(5-3-4-6-19)16(27)22-12(8-31)18(29)30/h9-12,14,31H,3-8,19-20H2,1-2H3,(H,21,28)(H,22,27)(H,23,26)(H,24,25)(H,29,30). The largest absolute Gasteiger partial charge is 0.481 e. The molecule has 0 radical (unpaired) electrons. The second-order valence-corrected chi connectivity index (χ2v) is 7.73. The predicted octanol–water partition coefficient (Wildman–Crippen LogP) is -1.96. The highest BCUT2D eigenvalue weighted by molar-refractivity contribution is 7.80. The Kier molecular flexibility index (Phi) is 13.5. The first-order valence-corrected chi connectivity index (χ1v) is 10.5. The maximum atomic E-state index is 12.8. The van der Waals surface area contributed by atoms with E-state index in [0.29, 0.717) is 19.4 Å². The van der Waals surface area contributed by atoms with Crippen molar-refractivity contribution in [3.8, 4) is 0 Å². The lowest BCUT2D eigenvalue weighted by atomic mass is 10.0. The average Bonchev–Trinajstić information content (AvgIpc) is 2.67. The van der Waals surface area contributed by atoms with Crippen molar-refractivity contribution in [3.05, 3.63) is 0 Å². The minimum absolute atomic E-state index is 0.142. The molecule has 9 N–H and O–H groups in total. The van der Waals surface area contributed by atoms with E-state index in [1.165, 1.54) is 0 Å². The number of thiol groups is 1. The van der Waals surface area contributed by atoms with Crippen LogP contribution in [0.4, 0.5) is 0 Å². The number of carbonyl (C=O) groups is 5. The Balaban J connectivity index is 5.34. The van der Waals surface area contributed by atoms with Crippen molar-refractivity contribution in [1.82, 2.24) is 16.0 Å². The van der Waals surface area contributed by atoms with Gasteiger partial charge in [0.1, 0.15) is 18.1 Å². The Labute approximate surface area is 186 Å². The Morgan fingerprint density at radius 1 is 0.903 bits per heavy atom. The number of carbonyl (C=O) groups excluding carboxylic acids is 3. The summed E-state index contributed by atoms with van der Waals surface area (Å²) in [4.78, 5) is 59.4. The van der Waals surface area contributed by atoms with Gasteiger partial charge in [-0.15, -0.1) is 0 Å². The van der Waals surface area contributed by atoms with Crippen molar-refractivity contribution in [3.63, 3.8) is 0 Å². The molecule has 0 aliphatic carbocycles. The Morgan fingerprint density at radius 3 is 1.94 bits per heavy atom. The molecular formula is C18H33N5O7S. The summed E-state index contributed by atoms with van der Waals surface area (Å²) in [6.07, 6.45) is 0.673. The zero-order valence-corrected chi connectivity index (χ0v) is 18.6. The number of rotatable bonds is 15. The van der Waals surface area contributed by atoms with Gasteiger partial charge in [-0.3, -0.25) is 19.2 Å². The molecule has 3 amide bonds. The quantitative estimate of drug-likeness (QED) is 0.0998. The van der Waals surface area contributed by atoms with Crippen molar-refractivity contribution in [1.29, 1.82) is 0 Å². The fraction of sp³-hybridized carbons (Fsp3) is 0.722. The smallest absolute Gasteiger partial charge is 0.327 e. The summed E-state index contributed by atoms with van der Waals surface area (Å²) in [5.74, 6) is -5.28.